The molecule has 32 heavy (non-hydrogen) atoms. The number of amides is 2. The molecule has 2 amide bonds. The van der Waals surface area contributed by atoms with Gasteiger partial charge in [-0.15, -0.1) is 0 Å². The van der Waals surface area contributed by atoms with Crippen molar-refractivity contribution >= 4 is 17.6 Å². The zero-order chi connectivity index (χ0) is 22.5. The topological polar surface area (TPSA) is 90.9 Å². The van der Waals surface area contributed by atoms with Gasteiger partial charge >= 0.3 is 12.0 Å². The molecule has 7 heteroatoms. The predicted octanol–water partition coefficient (Wildman–Crippen LogP) is 3.35. The number of hydrogen-bond acceptors (Lipinski definition) is 5. The number of phenolic OH excluding ortho intramolecular Hbond substituents is 1. The first kappa shape index (κ1) is 21.6. The number of nitrogens with one attached hydrogen (secondary N) is 2. The Hall–Kier alpha value is -3.58. The fraction of sp³-hybridized carbons (Fsp3) is 0.280. The van der Waals surface area contributed by atoms with E-state index in [9.17, 15) is 14.7 Å². The summed E-state index contributed by atoms with van der Waals surface area (Å²) >= 11 is 0. The van der Waals surface area contributed by atoms with E-state index >= 15 is 0 Å². The molecule has 0 fully saturated rings. The number of benzene rings is 2. The Bertz CT molecular complexity index is 1040. The number of rotatable bonds is 6. The summed E-state index contributed by atoms with van der Waals surface area (Å²) in [5.74, 6) is -0.180. The lowest BCUT2D eigenvalue weighted by atomic mass is 9.94. The number of nitrogens with zero attached hydrogens (tertiary/aromatic N) is 1. The average molecular weight is 434 g/mol. The van der Waals surface area contributed by atoms with Crippen molar-refractivity contribution in [2.45, 2.75) is 19.4 Å². The number of ether oxygens (including phenoxy) is 1. The van der Waals surface area contributed by atoms with Gasteiger partial charge in [-0.25, -0.2) is 9.59 Å². The van der Waals surface area contributed by atoms with Gasteiger partial charge in [0.1, 0.15) is 5.75 Å². The molecule has 166 valence electrons. The third-order valence-electron chi connectivity index (χ3n) is 5.69. The fourth-order valence-electron chi connectivity index (χ4n) is 4.10. The van der Waals surface area contributed by atoms with Crippen LogP contribution in [0.15, 0.2) is 71.9 Å². The number of esters is 1. The van der Waals surface area contributed by atoms with Gasteiger partial charge in [0.25, 0.3) is 0 Å². The van der Waals surface area contributed by atoms with Crippen LogP contribution in [0.5, 0.6) is 5.75 Å². The summed E-state index contributed by atoms with van der Waals surface area (Å²) in [5.41, 5.74) is 4.15. The van der Waals surface area contributed by atoms with Crippen LogP contribution in [-0.2, 0) is 9.53 Å². The van der Waals surface area contributed by atoms with Crippen molar-refractivity contribution in [1.82, 2.24) is 15.5 Å². The Morgan fingerprint density at radius 3 is 2.56 bits per heavy atom. The van der Waals surface area contributed by atoms with Crippen molar-refractivity contribution in [3.05, 3.63) is 83.1 Å². The number of aromatic hydroxyl groups is 1. The smallest absolute Gasteiger partial charge is 0.338 e. The highest BCUT2D eigenvalue weighted by Gasteiger charge is 2.34. The first-order valence-electron chi connectivity index (χ1n) is 10.8. The van der Waals surface area contributed by atoms with Gasteiger partial charge in [-0.3, -0.25) is 4.90 Å². The third kappa shape index (κ3) is 4.84. The maximum absolute atomic E-state index is 12.9. The summed E-state index contributed by atoms with van der Waals surface area (Å²) in [6.45, 7) is 3.93. The molecule has 0 radical (unpaired) electrons. The van der Waals surface area contributed by atoms with Crippen molar-refractivity contribution in [2.75, 3.05) is 26.2 Å². The van der Waals surface area contributed by atoms with Crippen LogP contribution in [0, 0.1) is 0 Å². The lowest BCUT2D eigenvalue weighted by Crippen LogP contribution is -2.48. The molecule has 1 unspecified atom stereocenters. The van der Waals surface area contributed by atoms with Crippen molar-refractivity contribution in [3.8, 4) is 5.75 Å². The Kier molecular flexibility index (Phi) is 6.56. The highest BCUT2D eigenvalue weighted by atomic mass is 16.5. The average Bonchev–Trinajstić information content (AvgIpc) is 2.80. The highest BCUT2D eigenvalue weighted by molar-refractivity contribution is 5.95. The second-order valence-electron chi connectivity index (χ2n) is 7.82. The lowest BCUT2D eigenvalue weighted by molar-refractivity contribution is -0.139. The molecule has 3 N–H and O–H groups in total. The molecule has 0 aromatic heterocycles. The van der Waals surface area contributed by atoms with Gasteiger partial charge in [0.2, 0.25) is 0 Å². The minimum Gasteiger partial charge on any atom is -0.508 e. The monoisotopic (exact) mass is 433 g/mol. The van der Waals surface area contributed by atoms with E-state index in [0.717, 1.165) is 24.1 Å². The Morgan fingerprint density at radius 1 is 1.16 bits per heavy atom. The van der Waals surface area contributed by atoms with E-state index < -0.39 is 12.0 Å². The van der Waals surface area contributed by atoms with Crippen LogP contribution in [0.3, 0.4) is 0 Å². The van der Waals surface area contributed by atoms with Gasteiger partial charge in [-0.1, -0.05) is 48.5 Å². The first-order valence-corrected chi connectivity index (χ1v) is 10.8. The normalized spacial score (nSPS) is 19.1. The molecule has 0 saturated heterocycles. The molecule has 0 bridgehead atoms. The van der Waals surface area contributed by atoms with Gasteiger partial charge in [0.05, 0.1) is 18.2 Å². The highest BCUT2D eigenvalue weighted by Crippen LogP contribution is 2.29. The van der Waals surface area contributed by atoms with Crippen LogP contribution >= 0.6 is 0 Å². The van der Waals surface area contributed by atoms with E-state index in [4.69, 9.17) is 4.74 Å². The SMILES string of the molecule is CCOC(=O)C1=C(CN2CC=C(c3ccc(O)cc3)CC2)NC(=O)NC1c1ccccc1. The molecule has 7 nitrogen and oxygen atoms in total. The summed E-state index contributed by atoms with van der Waals surface area (Å²) in [4.78, 5) is 27.5. The summed E-state index contributed by atoms with van der Waals surface area (Å²) < 4.78 is 5.33. The van der Waals surface area contributed by atoms with Crippen LogP contribution in [-0.4, -0.2) is 48.2 Å². The summed E-state index contributed by atoms with van der Waals surface area (Å²) in [6.07, 6.45) is 2.99. The van der Waals surface area contributed by atoms with E-state index in [1.54, 1.807) is 19.1 Å². The Balaban J connectivity index is 1.58. The number of hydrogen-bond donors (Lipinski definition) is 3. The van der Waals surface area contributed by atoms with E-state index in [1.165, 1.54) is 5.57 Å². The molecule has 0 saturated carbocycles. The molecule has 1 atom stereocenters. The van der Waals surface area contributed by atoms with Gasteiger partial charge in [0, 0.05) is 25.3 Å². The lowest BCUT2D eigenvalue weighted by Gasteiger charge is -2.33. The van der Waals surface area contributed by atoms with Crippen LogP contribution in [0.2, 0.25) is 0 Å². The molecule has 2 aliphatic rings. The zero-order valence-electron chi connectivity index (χ0n) is 18.0. The van der Waals surface area contributed by atoms with E-state index in [-0.39, 0.29) is 18.4 Å². The molecule has 0 aliphatic carbocycles. The van der Waals surface area contributed by atoms with Gasteiger partial charge in [-0.05, 0) is 42.2 Å². The number of carbonyl (C=O) groups is 2. The first-order chi connectivity index (χ1) is 15.5. The number of phenols is 1. The predicted molar refractivity (Wildman–Crippen MR) is 122 cm³/mol. The molecule has 2 aromatic carbocycles. The second-order valence-corrected chi connectivity index (χ2v) is 7.82. The minimum atomic E-state index is -0.563. The zero-order valence-corrected chi connectivity index (χ0v) is 18.0. The van der Waals surface area contributed by atoms with Crippen LogP contribution in [0.25, 0.3) is 5.57 Å². The van der Waals surface area contributed by atoms with E-state index in [2.05, 4.69) is 21.6 Å². The largest absolute Gasteiger partial charge is 0.508 e. The summed E-state index contributed by atoms with van der Waals surface area (Å²) in [6, 6.07) is 15.7. The maximum atomic E-state index is 12.9. The third-order valence-corrected chi connectivity index (χ3v) is 5.69. The molecule has 0 spiro atoms. The van der Waals surface area contributed by atoms with Crippen molar-refractivity contribution in [1.29, 1.82) is 0 Å². The van der Waals surface area contributed by atoms with Crippen LogP contribution in [0.4, 0.5) is 4.79 Å². The molecule has 2 aliphatic heterocycles. The molecule has 2 aromatic rings. The number of urea groups is 1. The van der Waals surface area contributed by atoms with Crippen molar-refractivity contribution in [3.63, 3.8) is 0 Å². The van der Waals surface area contributed by atoms with E-state index in [0.29, 0.717) is 24.4 Å². The fourth-order valence-corrected chi connectivity index (χ4v) is 4.10. The van der Waals surface area contributed by atoms with Gasteiger partial charge in [0.15, 0.2) is 0 Å². The molecular formula is C25H27N3O4. The Labute approximate surface area is 187 Å². The van der Waals surface area contributed by atoms with Crippen LogP contribution in [0.1, 0.15) is 30.5 Å². The molecular weight excluding hydrogens is 406 g/mol. The van der Waals surface area contributed by atoms with Gasteiger partial charge in [-0.2, -0.15) is 0 Å². The quantitative estimate of drug-likeness (QED) is 0.608. The van der Waals surface area contributed by atoms with Crippen molar-refractivity contribution < 1.29 is 19.4 Å². The van der Waals surface area contributed by atoms with Gasteiger partial charge < -0.3 is 20.5 Å². The molecule has 2 heterocycles. The standard InChI is InChI=1S/C25H27N3O4/c1-2-32-24(30)22-21(26-25(31)27-23(22)19-6-4-3-5-7-19)16-28-14-12-18(13-15-28)17-8-10-20(29)11-9-17/h3-12,23,29H,2,13-16H2,1H3,(H2,26,27,31). The molecule has 4 rings (SSSR count). The summed E-state index contributed by atoms with van der Waals surface area (Å²) in [7, 11) is 0. The van der Waals surface area contributed by atoms with Crippen LogP contribution < -0.4 is 10.6 Å². The second kappa shape index (κ2) is 9.70. The minimum absolute atomic E-state index is 0.250. The van der Waals surface area contributed by atoms with E-state index in [1.807, 2.05) is 42.5 Å². The Morgan fingerprint density at radius 2 is 1.91 bits per heavy atom. The van der Waals surface area contributed by atoms with Crippen molar-refractivity contribution in [2.24, 2.45) is 0 Å². The maximum Gasteiger partial charge on any atom is 0.338 e. The summed E-state index contributed by atoms with van der Waals surface area (Å²) in [5, 5.41) is 15.2. The number of carbonyl (C=O) groups excluding carboxylic acids is 2.